The molecule has 0 aliphatic heterocycles. The van der Waals surface area contributed by atoms with Gasteiger partial charge in [0, 0.05) is 17.8 Å². The van der Waals surface area contributed by atoms with Crippen molar-refractivity contribution in [2.75, 3.05) is 17.7 Å². The molecule has 25 heavy (non-hydrogen) atoms. The highest BCUT2D eigenvalue weighted by Crippen LogP contribution is 2.28. The molecular weight excluding hydrogens is 336 g/mol. The molecule has 6 heteroatoms. The van der Waals surface area contributed by atoms with Gasteiger partial charge in [-0.15, -0.1) is 0 Å². The molecular formula is C19H19ClN4O. The molecule has 1 aromatic heterocycles. The van der Waals surface area contributed by atoms with Crippen LogP contribution in [0, 0.1) is 6.92 Å². The second kappa shape index (κ2) is 7.85. The number of ether oxygens (including phenoxy) is 1. The maximum atomic E-state index is 6.17. The topological polar surface area (TPSA) is 59.1 Å². The molecule has 0 aliphatic rings. The third kappa shape index (κ3) is 4.39. The summed E-state index contributed by atoms with van der Waals surface area (Å²) in [6.07, 6.45) is 1.70. The molecule has 128 valence electrons. The Balaban J connectivity index is 1.74. The number of rotatable bonds is 6. The minimum Gasteiger partial charge on any atom is -0.495 e. The van der Waals surface area contributed by atoms with Crippen molar-refractivity contribution in [2.24, 2.45) is 0 Å². The number of benzene rings is 2. The van der Waals surface area contributed by atoms with E-state index in [2.05, 4.69) is 20.6 Å². The maximum Gasteiger partial charge on any atom is 0.224 e. The van der Waals surface area contributed by atoms with E-state index in [0.717, 1.165) is 22.6 Å². The van der Waals surface area contributed by atoms with E-state index in [4.69, 9.17) is 16.3 Å². The molecule has 2 N–H and O–H groups in total. The Hall–Kier alpha value is -2.79. The summed E-state index contributed by atoms with van der Waals surface area (Å²) in [5.74, 6) is 1.96. The van der Waals surface area contributed by atoms with E-state index in [1.54, 1.807) is 13.3 Å². The summed E-state index contributed by atoms with van der Waals surface area (Å²) in [5, 5.41) is 7.18. The van der Waals surface area contributed by atoms with Crippen molar-refractivity contribution in [3.05, 3.63) is 70.9 Å². The number of nitrogens with one attached hydrogen (secondary N) is 2. The van der Waals surface area contributed by atoms with Gasteiger partial charge in [0.15, 0.2) is 0 Å². The summed E-state index contributed by atoms with van der Waals surface area (Å²) in [5.41, 5.74) is 2.99. The summed E-state index contributed by atoms with van der Waals surface area (Å²) >= 11 is 6.17. The number of aryl methyl sites for hydroxylation is 1. The van der Waals surface area contributed by atoms with Gasteiger partial charge >= 0.3 is 0 Å². The largest absolute Gasteiger partial charge is 0.495 e. The molecule has 0 radical (unpaired) electrons. The van der Waals surface area contributed by atoms with E-state index in [9.17, 15) is 0 Å². The molecule has 0 saturated heterocycles. The highest BCUT2D eigenvalue weighted by molar-refractivity contribution is 6.31. The molecule has 2 aromatic carbocycles. The zero-order valence-electron chi connectivity index (χ0n) is 14.1. The third-order valence-corrected chi connectivity index (χ3v) is 4.04. The van der Waals surface area contributed by atoms with Crippen molar-refractivity contribution < 1.29 is 4.74 Å². The Morgan fingerprint density at radius 1 is 1.12 bits per heavy atom. The Bertz CT molecular complexity index is 870. The number of halogens is 1. The van der Waals surface area contributed by atoms with Gasteiger partial charge < -0.3 is 15.4 Å². The van der Waals surface area contributed by atoms with Crippen LogP contribution in [0.4, 0.5) is 17.5 Å². The zero-order valence-corrected chi connectivity index (χ0v) is 14.8. The molecule has 0 aliphatic carbocycles. The minimum atomic E-state index is 0.525. The fourth-order valence-corrected chi connectivity index (χ4v) is 2.59. The van der Waals surface area contributed by atoms with Crippen LogP contribution < -0.4 is 15.4 Å². The lowest BCUT2D eigenvalue weighted by atomic mass is 10.2. The lowest BCUT2D eigenvalue weighted by molar-refractivity contribution is 0.416. The van der Waals surface area contributed by atoms with E-state index in [1.807, 2.05) is 55.5 Å². The standard InChI is InChI=1S/C19H19ClN4O/c1-13-7-8-17(25-2)16(11-13)23-18-9-10-21-19(24-18)22-12-14-5-3-4-6-15(14)20/h3-11H,12H2,1-2H3,(H2,21,22,23,24). The Kier molecular flexibility index (Phi) is 5.36. The van der Waals surface area contributed by atoms with Crippen LogP contribution in [0.15, 0.2) is 54.7 Å². The summed E-state index contributed by atoms with van der Waals surface area (Å²) in [7, 11) is 1.65. The van der Waals surface area contributed by atoms with Gasteiger partial charge in [-0.3, -0.25) is 0 Å². The average Bonchev–Trinajstić information content (AvgIpc) is 2.62. The molecule has 0 spiro atoms. The number of aromatic nitrogens is 2. The lowest BCUT2D eigenvalue weighted by Crippen LogP contribution is -2.05. The van der Waals surface area contributed by atoms with Gasteiger partial charge in [-0.05, 0) is 42.3 Å². The van der Waals surface area contributed by atoms with Crippen molar-refractivity contribution in [1.29, 1.82) is 0 Å². The molecule has 0 bridgehead atoms. The Morgan fingerprint density at radius 2 is 1.96 bits per heavy atom. The Morgan fingerprint density at radius 3 is 2.76 bits per heavy atom. The second-order valence-corrected chi connectivity index (χ2v) is 5.95. The van der Waals surface area contributed by atoms with Crippen LogP contribution in [0.1, 0.15) is 11.1 Å². The Labute approximate surface area is 152 Å². The van der Waals surface area contributed by atoms with Gasteiger partial charge in [-0.1, -0.05) is 35.9 Å². The molecule has 1 heterocycles. The van der Waals surface area contributed by atoms with E-state index in [0.29, 0.717) is 23.3 Å². The number of anilines is 3. The van der Waals surface area contributed by atoms with Crippen molar-refractivity contribution in [2.45, 2.75) is 13.5 Å². The molecule has 3 rings (SSSR count). The first-order valence-electron chi connectivity index (χ1n) is 7.87. The van der Waals surface area contributed by atoms with Gasteiger partial charge in [0.2, 0.25) is 5.95 Å². The highest BCUT2D eigenvalue weighted by Gasteiger charge is 2.06. The molecule has 0 atom stereocenters. The fourth-order valence-electron chi connectivity index (χ4n) is 2.39. The van der Waals surface area contributed by atoms with Crippen LogP contribution in [0.5, 0.6) is 5.75 Å². The maximum absolute atomic E-state index is 6.17. The smallest absolute Gasteiger partial charge is 0.224 e. The summed E-state index contributed by atoms with van der Waals surface area (Å²) < 4.78 is 5.39. The predicted octanol–water partition coefficient (Wildman–Crippen LogP) is 4.80. The first kappa shape index (κ1) is 17.0. The van der Waals surface area contributed by atoms with Crippen LogP contribution in [0.25, 0.3) is 0 Å². The first-order valence-corrected chi connectivity index (χ1v) is 8.25. The van der Waals surface area contributed by atoms with Crippen LogP contribution in [0.2, 0.25) is 5.02 Å². The monoisotopic (exact) mass is 354 g/mol. The molecule has 0 fully saturated rings. The van der Waals surface area contributed by atoms with Gasteiger partial charge in [-0.25, -0.2) is 4.98 Å². The van der Waals surface area contributed by atoms with Gasteiger partial charge in [-0.2, -0.15) is 4.98 Å². The summed E-state index contributed by atoms with van der Waals surface area (Å²) in [6, 6.07) is 15.4. The summed E-state index contributed by atoms with van der Waals surface area (Å²) in [6.45, 7) is 2.58. The average molecular weight is 355 g/mol. The van der Waals surface area contributed by atoms with Gasteiger partial charge in [0.05, 0.1) is 12.8 Å². The van der Waals surface area contributed by atoms with Crippen molar-refractivity contribution in [3.8, 4) is 5.75 Å². The van der Waals surface area contributed by atoms with E-state index in [1.165, 1.54) is 0 Å². The van der Waals surface area contributed by atoms with Gasteiger partial charge in [0.25, 0.3) is 0 Å². The minimum absolute atomic E-state index is 0.525. The lowest BCUT2D eigenvalue weighted by Gasteiger charge is -2.12. The van der Waals surface area contributed by atoms with Gasteiger partial charge in [0.1, 0.15) is 11.6 Å². The molecule has 0 unspecified atom stereocenters. The second-order valence-electron chi connectivity index (χ2n) is 5.54. The van der Waals surface area contributed by atoms with E-state index >= 15 is 0 Å². The normalized spacial score (nSPS) is 10.4. The van der Waals surface area contributed by atoms with Crippen molar-refractivity contribution in [1.82, 2.24) is 9.97 Å². The third-order valence-electron chi connectivity index (χ3n) is 3.67. The number of hydrogen-bond acceptors (Lipinski definition) is 5. The van der Waals surface area contributed by atoms with Crippen LogP contribution in [0.3, 0.4) is 0 Å². The molecule has 5 nitrogen and oxygen atoms in total. The number of methoxy groups -OCH3 is 1. The first-order chi connectivity index (χ1) is 12.2. The molecule has 3 aromatic rings. The van der Waals surface area contributed by atoms with E-state index < -0.39 is 0 Å². The van der Waals surface area contributed by atoms with Crippen LogP contribution in [-0.2, 0) is 6.54 Å². The van der Waals surface area contributed by atoms with Crippen molar-refractivity contribution in [3.63, 3.8) is 0 Å². The number of hydrogen-bond donors (Lipinski definition) is 2. The number of nitrogens with zero attached hydrogens (tertiary/aromatic N) is 2. The van der Waals surface area contributed by atoms with Crippen molar-refractivity contribution >= 4 is 29.1 Å². The van der Waals surface area contributed by atoms with Crippen LogP contribution in [-0.4, -0.2) is 17.1 Å². The van der Waals surface area contributed by atoms with E-state index in [-0.39, 0.29) is 0 Å². The SMILES string of the molecule is COc1ccc(C)cc1Nc1ccnc(NCc2ccccc2Cl)n1. The predicted molar refractivity (Wildman–Crippen MR) is 102 cm³/mol. The molecule has 0 saturated carbocycles. The zero-order chi connectivity index (χ0) is 17.6. The fraction of sp³-hybridized carbons (Fsp3) is 0.158. The molecule has 0 amide bonds. The quantitative estimate of drug-likeness (QED) is 0.665. The van der Waals surface area contributed by atoms with Crippen LogP contribution >= 0.6 is 11.6 Å². The summed E-state index contributed by atoms with van der Waals surface area (Å²) in [4.78, 5) is 8.74. The highest BCUT2D eigenvalue weighted by atomic mass is 35.5.